The Kier molecular flexibility index (Phi) is 8.84. The average Bonchev–Trinajstić information content (AvgIpc) is 2.68. The Morgan fingerprint density at radius 2 is 1.82 bits per heavy atom. The summed E-state index contributed by atoms with van der Waals surface area (Å²) in [5.41, 5.74) is -0.432. The predicted molar refractivity (Wildman–Crippen MR) is 92.1 cm³/mol. The van der Waals surface area contributed by atoms with Gasteiger partial charge in [0, 0.05) is 12.6 Å². The van der Waals surface area contributed by atoms with E-state index in [1.807, 2.05) is 20.8 Å². The minimum absolute atomic E-state index is 0.315. The zero-order valence-electron chi connectivity index (χ0n) is 15.0. The van der Waals surface area contributed by atoms with Crippen LogP contribution in [0, 0.1) is 5.92 Å². The van der Waals surface area contributed by atoms with Crippen LogP contribution in [-0.2, 0) is 4.74 Å². The van der Waals surface area contributed by atoms with E-state index >= 15 is 0 Å². The van der Waals surface area contributed by atoms with Crippen LogP contribution in [0.2, 0.25) is 0 Å². The molecule has 4 nitrogen and oxygen atoms in total. The first-order chi connectivity index (χ1) is 10.4. The molecule has 1 aliphatic carbocycles. The SMILES string of the molecule is CCCC(CNC(=O)OC(C)(C)C)NCC1CCCCCC1. The molecule has 1 rings (SSSR count). The van der Waals surface area contributed by atoms with E-state index in [0.717, 1.165) is 25.3 Å². The van der Waals surface area contributed by atoms with E-state index in [0.29, 0.717) is 12.6 Å². The first kappa shape index (κ1) is 19.3. The maximum atomic E-state index is 11.8. The fourth-order valence-electron chi connectivity index (χ4n) is 3.05. The molecule has 130 valence electrons. The van der Waals surface area contributed by atoms with E-state index in [1.165, 1.54) is 38.5 Å². The van der Waals surface area contributed by atoms with Crippen molar-refractivity contribution >= 4 is 6.09 Å². The number of rotatable bonds is 7. The normalized spacial score (nSPS) is 18.5. The van der Waals surface area contributed by atoms with E-state index in [9.17, 15) is 4.79 Å². The van der Waals surface area contributed by atoms with E-state index in [1.54, 1.807) is 0 Å². The van der Waals surface area contributed by atoms with Crippen LogP contribution >= 0.6 is 0 Å². The Morgan fingerprint density at radius 3 is 2.36 bits per heavy atom. The quantitative estimate of drug-likeness (QED) is 0.691. The minimum Gasteiger partial charge on any atom is -0.444 e. The lowest BCUT2D eigenvalue weighted by Gasteiger charge is -2.24. The van der Waals surface area contributed by atoms with Crippen LogP contribution in [0.25, 0.3) is 0 Å². The molecule has 0 aromatic heterocycles. The highest BCUT2D eigenvalue weighted by atomic mass is 16.6. The predicted octanol–water partition coefficient (Wildman–Crippen LogP) is 4.24. The van der Waals surface area contributed by atoms with E-state index in [-0.39, 0.29) is 6.09 Å². The van der Waals surface area contributed by atoms with E-state index in [2.05, 4.69) is 17.6 Å². The number of alkyl carbamates (subject to hydrolysis) is 1. The molecule has 2 N–H and O–H groups in total. The lowest BCUT2D eigenvalue weighted by Crippen LogP contribution is -2.44. The zero-order chi connectivity index (χ0) is 16.4. The highest BCUT2D eigenvalue weighted by molar-refractivity contribution is 5.67. The number of carbonyl (C=O) groups is 1. The standard InChI is InChI=1S/C18H36N2O2/c1-5-10-16(14-20-17(21)22-18(2,3)4)19-13-15-11-8-6-7-9-12-15/h15-16,19H,5-14H2,1-4H3,(H,20,21). The maximum Gasteiger partial charge on any atom is 0.407 e. The molecule has 0 aliphatic heterocycles. The largest absolute Gasteiger partial charge is 0.444 e. The molecule has 0 aromatic carbocycles. The molecule has 0 radical (unpaired) electrons. The highest BCUT2D eigenvalue weighted by Gasteiger charge is 2.18. The van der Waals surface area contributed by atoms with E-state index in [4.69, 9.17) is 4.74 Å². The van der Waals surface area contributed by atoms with Crippen LogP contribution in [0.5, 0.6) is 0 Å². The summed E-state index contributed by atoms with van der Waals surface area (Å²) in [6, 6.07) is 0.348. The van der Waals surface area contributed by atoms with Gasteiger partial charge in [-0.3, -0.25) is 0 Å². The van der Waals surface area contributed by atoms with Crippen LogP contribution in [-0.4, -0.2) is 30.8 Å². The second-order valence-electron chi connectivity index (χ2n) is 7.63. The van der Waals surface area contributed by atoms with Crippen molar-refractivity contribution in [2.24, 2.45) is 5.92 Å². The van der Waals surface area contributed by atoms with Gasteiger partial charge in [0.2, 0.25) is 0 Å². The van der Waals surface area contributed by atoms with Crippen molar-refractivity contribution in [2.45, 2.75) is 90.7 Å². The lowest BCUT2D eigenvalue weighted by atomic mass is 9.99. The number of hydrogen-bond donors (Lipinski definition) is 2. The molecule has 4 heteroatoms. The summed E-state index contributed by atoms with van der Waals surface area (Å²) >= 11 is 0. The van der Waals surface area contributed by atoms with Crippen LogP contribution in [0.15, 0.2) is 0 Å². The molecule has 0 saturated heterocycles. The van der Waals surface area contributed by atoms with Crippen LogP contribution in [0.3, 0.4) is 0 Å². The summed E-state index contributed by atoms with van der Waals surface area (Å²) in [6.45, 7) is 9.59. The van der Waals surface area contributed by atoms with Gasteiger partial charge in [0.05, 0.1) is 0 Å². The molecule has 1 atom stereocenters. The Bertz CT molecular complexity index is 305. The number of amides is 1. The van der Waals surface area contributed by atoms with Crippen molar-refractivity contribution in [3.8, 4) is 0 Å². The molecule has 1 unspecified atom stereocenters. The summed E-state index contributed by atoms with van der Waals surface area (Å²) in [6.07, 6.45) is 10.1. The third-order valence-corrected chi connectivity index (χ3v) is 4.20. The van der Waals surface area contributed by atoms with Gasteiger partial charge < -0.3 is 15.4 Å². The Morgan fingerprint density at radius 1 is 1.18 bits per heavy atom. The third kappa shape index (κ3) is 9.29. The first-order valence-corrected chi connectivity index (χ1v) is 9.11. The van der Waals surface area contributed by atoms with Crippen molar-refractivity contribution in [1.82, 2.24) is 10.6 Å². The number of hydrogen-bond acceptors (Lipinski definition) is 3. The molecule has 1 aliphatic rings. The summed E-state index contributed by atoms with van der Waals surface area (Å²) in [7, 11) is 0. The van der Waals surface area contributed by atoms with E-state index < -0.39 is 5.60 Å². The molecule has 0 heterocycles. The molecule has 22 heavy (non-hydrogen) atoms. The van der Waals surface area contributed by atoms with Crippen molar-refractivity contribution in [3.63, 3.8) is 0 Å². The lowest BCUT2D eigenvalue weighted by molar-refractivity contribution is 0.0521. The number of carbonyl (C=O) groups excluding carboxylic acids is 1. The first-order valence-electron chi connectivity index (χ1n) is 9.11. The van der Waals surface area contributed by atoms with Crippen molar-refractivity contribution in [1.29, 1.82) is 0 Å². The third-order valence-electron chi connectivity index (χ3n) is 4.20. The van der Waals surface area contributed by atoms with Gasteiger partial charge in [-0.15, -0.1) is 0 Å². The Balaban J connectivity index is 2.29. The van der Waals surface area contributed by atoms with Crippen LogP contribution in [0.4, 0.5) is 4.79 Å². The number of ether oxygens (including phenoxy) is 1. The second-order valence-corrected chi connectivity index (χ2v) is 7.63. The Labute approximate surface area is 136 Å². The van der Waals surface area contributed by atoms with Crippen molar-refractivity contribution in [2.75, 3.05) is 13.1 Å². The van der Waals surface area contributed by atoms with Crippen molar-refractivity contribution in [3.05, 3.63) is 0 Å². The summed E-state index contributed by atoms with van der Waals surface area (Å²) < 4.78 is 5.30. The molecular weight excluding hydrogens is 276 g/mol. The van der Waals surface area contributed by atoms with Gasteiger partial charge in [-0.1, -0.05) is 39.0 Å². The molecule has 1 saturated carbocycles. The Hall–Kier alpha value is -0.770. The van der Waals surface area contributed by atoms with Gasteiger partial charge in [0.15, 0.2) is 0 Å². The molecular formula is C18H36N2O2. The van der Waals surface area contributed by atoms with Crippen molar-refractivity contribution < 1.29 is 9.53 Å². The molecule has 0 aromatic rings. The highest BCUT2D eigenvalue weighted by Crippen LogP contribution is 2.22. The smallest absolute Gasteiger partial charge is 0.407 e. The number of nitrogens with one attached hydrogen (secondary N) is 2. The fourth-order valence-corrected chi connectivity index (χ4v) is 3.05. The minimum atomic E-state index is -0.432. The summed E-state index contributed by atoms with van der Waals surface area (Å²) in [5, 5.41) is 6.57. The van der Waals surface area contributed by atoms with Gasteiger partial charge >= 0.3 is 6.09 Å². The molecule has 0 bridgehead atoms. The maximum absolute atomic E-state index is 11.8. The van der Waals surface area contributed by atoms with Crippen LogP contribution in [0.1, 0.15) is 79.1 Å². The molecule has 1 fully saturated rings. The average molecular weight is 312 g/mol. The van der Waals surface area contributed by atoms with Crippen LogP contribution < -0.4 is 10.6 Å². The summed E-state index contributed by atoms with van der Waals surface area (Å²) in [4.78, 5) is 11.8. The van der Waals surface area contributed by atoms with Gasteiger partial charge in [-0.05, 0) is 52.5 Å². The van der Waals surface area contributed by atoms with Gasteiger partial charge in [-0.2, -0.15) is 0 Å². The van der Waals surface area contributed by atoms with Gasteiger partial charge in [0.1, 0.15) is 5.60 Å². The zero-order valence-corrected chi connectivity index (χ0v) is 15.0. The monoisotopic (exact) mass is 312 g/mol. The van der Waals surface area contributed by atoms with Gasteiger partial charge in [-0.25, -0.2) is 4.79 Å². The molecule has 1 amide bonds. The summed E-state index contributed by atoms with van der Waals surface area (Å²) in [5.74, 6) is 0.809. The fraction of sp³-hybridized carbons (Fsp3) is 0.944. The van der Waals surface area contributed by atoms with Gasteiger partial charge in [0.25, 0.3) is 0 Å². The molecule has 0 spiro atoms. The topological polar surface area (TPSA) is 50.4 Å². The second kappa shape index (κ2) is 10.1.